The summed E-state index contributed by atoms with van der Waals surface area (Å²) < 4.78 is 11.2. The molecule has 30 heavy (non-hydrogen) atoms. The van der Waals surface area contributed by atoms with Gasteiger partial charge in [-0.1, -0.05) is 18.2 Å². The van der Waals surface area contributed by atoms with Crippen LogP contribution in [0, 0.1) is 6.92 Å². The molecule has 1 amide bonds. The van der Waals surface area contributed by atoms with E-state index in [1.165, 1.54) is 0 Å². The summed E-state index contributed by atoms with van der Waals surface area (Å²) in [4.78, 5) is 20.4. The average Bonchev–Trinajstić information content (AvgIpc) is 2.99. The smallest absolute Gasteiger partial charge is 0.254 e. The van der Waals surface area contributed by atoms with E-state index in [-0.39, 0.29) is 5.91 Å². The number of amides is 1. The van der Waals surface area contributed by atoms with Crippen LogP contribution in [0.3, 0.4) is 0 Å². The molecule has 1 saturated heterocycles. The minimum absolute atomic E-state index is 0.0386. The van der Waals surface area contributed by atoms with Gasteiger partial charge < -0.3 is 19.5 Å². The van der Waals surface area contributed by atoms with Gasteiger partial charge in [-0.15, -0.1) is 11.3 Å². The first kappa shape index (κ1) is 22.7. The van der Waals surface area contributed by atoms with Crippen molar-refractivity contribution in [1.29, 1.82) is 0 Å². The van der Waals surface area contributed by atoms with Gasteiger partial charge in [0, 0.05) is 37.9 Å². The topological polar surface area (TPSA) is 71.9 Å². The fraction of sp³-hybridized carbons (Fsp3) is 0.565. The van der Waals surface area contributed by atoms with E-state index in [2.05, 4.69) is 0 Å². The quantitative estimate of drug-likeness (QED) is 0.722. The number of aliphatic hydroxyl groups is 1. The first-order chi connectivity index (χ1) is 14.2. The molecule has 1 aromatic heterocycles. The van der Waals surface area contributed by atoms with Gasteiger partial charge in [0.15, 0.2) is 0 Å². The minimum atomic E-state index is -1.000. The van der Waals surface area contributed by atoms with E-state index in [4.69, 9.17) is 14.5 Å². The van der Waals surface area contributed by atoms with Crippen LogP contribution in [0.4, 0.5) is 0 Å². The van der Waals surface area contributed by atoms with E-state index in [0.717, 1.165) is 34.2 Å². The predicted octanol–water partition coefficient (Wildman–Crippen LogP) is 3.70. The average molecular weight is 433 g/mol. The van der Waals surface area contributed by atoms with Crippen molar-refractivity contribution >= 4 is 17.2 Å². The molecular weight excluding hydrogens is 400 g/mol. The van der Waals surface area contributed by atoms with Crippen molar-refractivity contribution in [2.45, 2.75) is 57.7 Å². The number of rotatable bonds is 7. The maximum atomic E-state index is 12.7. The number of aryl methyl sites for hydroxylation is 1. The Balaban J connectivity index is 1.64. The lowest BCUT2D eigenvalue weighted by molar-refractivity contribution is -0.151. The number of likely N-dealkylation sites (tertiary alicyclic amines) is 1. The molecule has 3 rings (SSSR count). The lowest BCUT2D eigenvalue weighted by Crippen LogP contribution is -2.47. The zero-order valence-electron chi connectivity index (χ0n) is 18.3. The molecule has 6 nitrogen and oxygen atoms in total. The Hall–Kier alpha value is -1.96. The largest absolute Gasteiger partial charge is 0.493 e. The van der Waals surface area contributed by atoms with Crippen molar-refractivity contribution in [2.24, 2.45) is 0 Å². The van der Waals surface area contributed by atoms with Gasteiger partial charge in [-0.25, -0.2) is 4.98 Å². The van der Waals surface area contributed by atoms with Crippen LogP contribution >= 0.6 is 11.3 Å². The van der Waals surface area contributed by atoms with Gasteiger partial charge in [0.2, 0.25) is 0 Å². The predicted molar refractivity (Wildman–Crippen MR) is 118 cm³/mol. The Morgan fingerprint density at radius 1 is 1.27 bits per heavy atom. The van der Waals surface area contributed by atoms with Crippen molar-refractivity contribution in [1.82, 2.24) is 9.88 Å². The SMILES string of the molecule is COC(C)(C)C(=O)N1CCCC(O)(c2nc(C)c(CCOc3ccccc3)s2)CC1. The summed E-state index contributed by atoms with van der Waals surface area (Å²) in [5, 5.41) is 12.1. The van der Waals surface area contributed by atoms with Crippen LogP contribution in [-0.2, 0) is 21.6 Å². The monoisotopic (exact) mass is 432 g/mol. The lowest BCUT2D eigenvalue weighted by atomic mass is 9.96. The van der Waals surface area contributed by atoms with Crippen molar-refractivity contribution in [2.75, 3.05) is 26.8 Å². The number of thiazole rings is 1. The second-order valence-electron chi connectivity index (χ2n) is 8.33. The Kier molecular flexibility index (Phi) is 7.16. The first-order valence-electron chi connectivity index (χ1n) is 10.5. The summed E-state index contributed by atoms with van der Waals surface area (Å²) in [5.74, 6) is 0.814. The van der Waals surface area contributed by atoms with Crippen LogP contribution in [0.1, 0.15) is 48.7 Å². The fourth-order valence-electron chi connectivity index (χ4n) is 3.64. The standard InChI is InChI=1S/C23H32N2O4S/c1-17-19(11-16-29-18-9-6-5-7-10-18)30-20(24-17)23(27)12-8-14-25(15-13-23)21(26)22(2,3)28-4/h5-7,9-10,27H,8,11-16H2,1-4H3. The molecule has 0 aliphatic carbocycles. The zero-order chi connectivity index (χ0) is 21.8. The number of hydrogen-bond donors (Lipinski definition) is 1. The number of hydrogen-bond acceptors (Lipinski definition) is 6. The Morgan fingerprint density at radius 2 is 2.00 bits per heavy atom. The van der Waals surface area contributed by atoms with E-state index in [1.54, 1.807) is 37.2 Å². The highest BCUT2D eigenvalue weighted by Crippen LogP contribution is 2.37. The summed E-state index contributed by atoms with van der Waals surface area (Å²) in [6.07, 6.45) is 2.55. The minimum Gasteiger partial charge on any atom is -0.493 e. The van der Waals surface area contributed by atoms with Crippen LogP contribution < -0.4 is 4.74 Å². The van der Waals surface area contributed by atoms with Crippen LogP contribution in [0.2, 0.25) is 0 Å². The van der Waals surface area contributed by atoms with Crippen molar-refractivity contribution in [3.63, 3.8) is 0 Å². The van der Waals surface area contributed by atoms with E-state index >= 15 is 0 Å². The maximum absolute atomic E-state index is 12.7. The second kappa shape index (κ2) is 9.45. The van der Waals surface area contributed by atoms with Crippen LogP contribution in [-0.4, -0.2) is 53.3 Å². The zero-order valence-corrected chi connectivity index (χ0v) is 19.1. The molecule has 1 aliphatic rings. The van der Waals surface area contributed by atoms with E-state index in [1.807, 2.05) is 37.3 Å². The van der Waals surface area contributed by atoms with Crippen molar-refractivity contribution in [3.8, 4) is 5.75 Å². The van der Waals surface area contributed by atoms with Crippen LogP contribution in [0.25, 0.3) is 0 Å². The molecule has 1 unspecified atom stereocenters. The van der Waals surface area contributed by atoms with E-state index in [9.17, 15) is 9.90 Å². The molecule has 0 bridgehead atoms. The van der Waals surface area contributed by atoms with Crippen LogP contribution in [0.15, 0.2) is 30.3 Å². The number of carbonyl (C=O) groups excluding carboxylic acids is 1. The fourth-order valence-corrected chi connectivity index (χ4v) is 4.83. The normalized spacial score (nSPS) is 20.1. The van der Waals surface area contributed by atoms with Gasteiger partial charge >= 0.3 is 0 Å². The Labute approximate surface area is 182 Å². The van der Waals surface area contributed by atoms with E-state index < -0.39 is 11.2 Å². The lowest BCUT2D eigenvalue weighted by Gasteiger charge is -2.30. The Morgan fingerprint density at radius 3 is 2.70 bits per heavy atom. The number of ether oxygens (including phenoxy) is 2. The molecule has 2 aromatic rings. The molecule has 1 aromatic carbocycles. The molecule has 0 saturated carbocycles. The molecule has 2 heterocycles. The Bertz CT molecular complexity index is 852. The van der Waals surface area contributed by atoms with Gasteiger partial charge in [0.25, 0.3) is 5.91 Å². The number of aromatic nitrogens is 1. The molecule has 1 atom stereocenters. The third-order valence-corrected chi connectivity index (χ3v) is 7.17. The molecular formula is C23H32N2O4S. The molecule has 1 fully saturated rings. The third kappa shape index (κ3) is 5.20. The van der Waals surface area contributed by atoms with Gasteiger partial charge in [-0.05, 0) is 45.7 Å². The number of carbonyl (C=O) groups is 1. The number of benzene rings is 1. The highest BCUT2D eigenvalue weighted by Gasteiger charge is 2.39. The molecule has 1 N–H and O–H groups in total. The summed E-state index contributed by atoms with van der Waals surface area (Å²) >= 11 is 1.56. The van der Waals surface area contributed by atoms with Crippen molar-refractivity contribution < 1.29 is 19.4 Å². The molecule has 164 valence electrons. The third-order valence-electron chi connectivity index (χ3n) is 5.76. The van der Waals surface area contributed by atoms with Gasteiger partial charge in [0.05, 0.1) is 12.3 Å². The molecule has 1 aliphatic heterocycles. The number of para-hydroxylation sites is 1. The summed E-state index contributed by atoms with van der Waals surface area (Å²) in [5.41, 5.74) is -0.912. The summed E-state index contributed by atoms with van der Waals surface area (Å²) in [6, 6.07) is 9.75. The molecule has 7 heteroatoms. The van der Waals surface area contributed by atoms with Crippen molar-refractivity contribution in [3.05, 3.63) is 45.9 Å². The van der Waals surface area contributed by atoms with Gasteiger partial charge in [0.1, 0.15) is 22.0 Å². The molecule has 0 radical (unpaired) electrons. The summed E-state index contributed by atoms with van der Waals surface area (Å²) in [7, 11) is 1.55. The number of methoxy groups -OCH3 is 1. The highest BCUT2D eigenvalue weighted by atomic mass is 32.1. The maximum Gasteiger partial charge on any atom is 0.254 e. The van der Waals surface area contributed by atoms with E-state index in [0.29, 0.717) is 32.5 Å². The summed E-state index contributed by atoms with van der Waals surface area (Å²) in [6.45, 7) is 7.22. The first-order valence-corrected chi connectivity index (χ1v) is 11.3. The highest BCUT2D eigenvalue weighted by molar-refractivity contribution is 7.11. The second-order valence-corrected chi connectivity index (χ2v) is 9.41. The number of nitrogens with zero attached hydrogens (tertiary/aromatic N) is 2. The van der Waals surface area contributed by atoms with Crippen LogP contribution in [0.5, 0.6) is 5.75 Å². The van der Waals surface area contributed by atoms with Gasteiger partial charge in [-0.2, -0.15) is 0 Å². The van der Waals surface area contributed by atoms with Gasteiger partial charge in [-0.3, -0.25) is 4.79 Å². The molecule has 0 spiro atoms.